The number of benzene rings is 1. The molecule has 2 saturated heterocycles. The van der Waals surface area contributed by atoms with Gasteiger partial charge >= 0.3 is 7.12 Å². The van der Waals surface area contributed by atoms with Gasteiger partial charge in [0.1, 0.15) is 6.17 Å². The summed E-state index contributed by atoms with van der Waals surface area (Å²) in [6.45, 7) is 13.0. The number of amides is 1. The number of carbonyl (C=O) groups excluding carboxylic acids is 1. The van der Waals surface area contributed by atoms with Gasteiger partial charge in [-0.15, -0.1) is 0 Å². The number of piperidine rings is 1. The van der Waals surface area contributed by atoms with Gasteiger partial charge in [0.05, 0.1) is 29.0 Å². The van der Waals surface area contributed by atoms with Gasteiger partial charge in [-0.05, 0) is 69.8 Å². The molecule has 0 radical (unpaired) electrons. The van der Waals surface area contributed by atoms with E-state index in [1.54, 1.807) is 0 Å². The van der Waals surface area contributed by atoms with Crippen molar-refractivity contribution in [3.05, 3.63) is 29.8 Å². The van der Waals surface area contributed by atoms with Crippen molar-refractivity contribution in [1.82, 2.24) is 10.2 Å². The molecule has 3 aliphatic heterocycles. The zero-order chi connectivity index (χ0) is 24.4. The first-order valence-corrected chi connectivity index (χ1v) is 12.8. The molecule has 3 fully saturated rings. The fraction of sp³-hybridized carbons (Fsp3) is 0.692. The fourth-order valence-electron chi connectivity index (χ4n) is 5.87. The Hall–Kier alpha value is -1.74. The number of carbonyl (C=O) groups is 1. The standard InChI is InChI=1S/C26H39BN4O3/c1-15(2)21(28)24(32)31-19-12-9-17(13-19)22(31)23-29-14-20(30-23)16-7-10-18(11-8-16)27-33-25(3,4)26(5,6)34-27/h7-8,10-11,15,17,19,21-23,29H,9,12-14,28H2,1-6H3. The largest absolute Gasteiger partial charge is 0.494 e. The Kier molecular flexibility index (Phi) is 5.95. The lowest BCUT2D eigenvalue weighted by Crippen LogP contribution is -2.58. The quantitative estimate of drug-likeness (QED) is 0.649. The van der Waals surface area contributed by atoms with E-state index < -0.39 is 6.04 Å². The van der Waals surface area contributed by atoms with Gasteiger partial charge < -0.3 is 19.9 Å². The molecule has 5 unspecified atom stereocenters. The normalized spacial score (nSPS) is 32.5. The fourth-order valence-corrected chi connectivity index (χ4v) is 5.87. The summed E-state index contributed by atoms with van der Waals surface area (Å²) >= 11 is 0. The van der Waals surface area contributed by atoms with E-state index in [1.165, 1.54) is 6.42 Å². The van der Waals surface area contributed by atoms with Gasteiger partial charge in [0.2, 0.25) is 5.91 Å². The number of fused-ring (bicyclic) bond motifs is 2. The second kappa shape index (κ2) is 8.44. The maximum absolute atomic E-state index is 13.3. The first-order valence-electron chi connectivity index (χ1n) is 12.8. The molecule has 1 aliphatic carbocycles. The highest BCUT2D eigenvalue weighted by Gasteiger charge is 2.53. The van der Waals surface area contributed by atoms with Crippen LogP contribution in [0.25, 0.3) is 0 Å². The molecule has 3 heterocycles. The lowest BCUT2D eigenvalue weighted by Gasteiger charge is -2.39. The van der Waals surface area contributed by atoms with E-state index >= 15 is 0 Å². The van der Waals surface area contributed by atoms with Crippen molar-refractivity contribution in [2.24, 2.45) is 22.6 Å². The molecule has 5 rings (SSSR count). The lowest BCUT2D eigenvalue weighted by atomic mass is 9.78. The van der Waals surface area contributed by atoms with E-state index in [-0.39, 0.29) is 42.4 Å². The third kappa shape index (κ3) is 3.92. The number of hydrogen-bond acceptors (Lipinski definition) is 6. The van der Waals surface area contributed by atoms with Crippen LogP contribution in [0.3, 0.4) is 0 Å². The molecule has 7 nitrogen and oxygen atoms in total. The molecule has 3 N–H and O–H groups in total. The van der Waals surface area contributed by atoms with Crippen LogP contribution in [0.2, 0.25) is 0 Å². The van der Waals surface area contributed by atoms with E-state index in [0.29, 0.717) is 18.5 Å². The van der Waals surface area contributed by atoms with E-state index in [4.69, 9.17) is 20.0 Å². The smallest absolute Gasteiger partial charge is 0.399 e. The maximum atomic E-state index is 13.3. The Morgan fingerprint density at radius 1 is 1.15 bits per heavy atom. The van der Waals surface area contributed by atoms with Gasteiger partial charge in [-0.25, -0.2) is 0 Å². The highest BCUT2D eigenvalue weighted by Crippen LogP contribution is 2.45. The summed E-state index contributed by atoms with van der Waals surface area (Å²) in [6.07, 6.45) is 3.26. The van der Waals surface area contributed by atoms with Crippen molar-refractivity contribution in [2.75, 3.05) is 6.54 Å². The summed E-state index contributed by atoms with van der Waals surface area (Å²) in [7, 11) is -0.366. The summed E-state index contributed by atoms with van der Waals surface area (Å²) < 4.78 is 12.4. The predicted molar refractivity (Wildman–Crippen MR) is 135 cm³/mol. The predicted octanol–water partition coefficient (Wildman–Crippen LogP) is 2.07. The molecule has 5 atom stereocenters. The van der Waals surface area contributed by atoms with Gasteiger partial charge in [0.15, 0.2) is 0 Å². The molecular formula is C26H39BN4O3. The van der Waals surface area contributed by atoms with E-state index in [2.05, 4.69) is 62.2 Å². The minimum Gasteiger partial charge on any atom is -0.399 e. The maximum Gasteiger partial charge on any atom is 0.494 e. The monoisotopic (exact) mass is 466 g/mol. The van der Waals surface area contributed by atoms with Crippen molar-refractivity contribution in [3.8, 4) is 0 Å². The molecule has 4 aliphatic rings. The van der Waals surface area contributed by atoms with E-state index in [0.717, 1.165) is 29.6 Å². The third-order valence-corrected chi connectivity index (χ3v) is 8.77. The van der Waals surface area contributed by atoms with Crippen LogP contribution < -0.4 is 16.5 Å². The van der Waals surface area contributed by atoms with Crippen LogP contribution in [0.15, 0.2) is 29.3 Å². The molecule has 1 saturated carbocycles. The van der Waals surface area contributed by atoms with Crippen LogP contribution in [0.1, 0.15) is 66.4 Å². The van der Waals surface area contributed by atoms with Crippen molar-refractivity contribution in [1.29, 1.82) is 0 Å². The second-order valence-electron chi connectivity index (χ2n) is 11.8. The number of likely N-dealkylation sites (tertiary alicyclic amines) is 1. The van der Waals surface area contributed by atoms with Crippen LogP contribution in [-0.2, 0) is 14.1 Å². The molecule has 0 spiro atoms. The summed E-state index contributed by atoms with van der Waals surface area (Å²) in [5.74, 6) is 0.717. The van der Waals surface area contributed by atoms with E-state index in [9.17, 15) is 4.79 Å². The Labute approximate surface area is 204 Å². The molecule has 0 aromatic heterocycles. The van der Waals surface area contributed by atoms with Crippen LogP contribution in [-0.4, -0.2) is 65.7 Å². The summed E-state index contributed by atoms with van der Waals surface area (Å²) in [6, 6.07) is 8.30. The number of nitrogens with two attached hydrogens (primary N) is 1. The summed E-state index contributed by atoms with van der Waals surface area (Å²) in [5, 5.41) is 3.59. The van der Waals surface area contributed by atoms with Crippen LogP contribution in [0.4, 0.5) is 0 Å². The molecule has 2 bridgehead atoms. The molecule has 34 heavy (non-hydrogen) atoms. The van der Waals surface area contributed by atoms with Crippen molar-refractivity contribution in [3.63, 3.8) is 0 Å². The topological polar surface area (TPSA) is 89.2 Å². The molecule has 8 heteroatoms. The van der Waals surface area contributed by atoms with Crippen molar-refractivity contribution >= 4 is 24.2 Å². The lowest BCUT2D eigenvalue weighted by molar-refractivity contribution is -0.138. The number of hydrogen-bond donors (Lipinski definition) is 2. The molecule has 184 valence electrons. The number of nitrogens with one attached hydrogen (secondary N) is 1. The number of nitrogens with zero attached hydrogens (tertiary/aromatic N) is 2. The average molecular weight is 466 g/mol. The minimum absolute atomic E-state index is 0.0728. The Balaban J connectivity index is 1.32. The zero-order valence-electron chi connectivity index (χ0n) is 21.4. The number of rotatable bonds is 5. The SMILES string of the molecule is CC(C)C(N)C(=O)N1C2CCC(C2)C1C1N=C(c2ccc(B3OC(C)(C)C(C)(C)O3)cc2)CN1. The average Bonchev–Trinajstić information content (AvgIpc) is 3.55. The first kappa shape index (κ1) is 24.0. The molecule has 1 aromatic rings. The number of aliphatic imine (C=N–C) groups is 1. The minimum atomic E-state index is -0.450. The van der Waals surface area contributed by atoms with Gasteiger partial charge in [0, 0.05) is 12.6 Å². The highest BCUT2D eigenvalue weighted by molar-refractivity contribution is 6.62. The first-order chi connectivity index (χ1) is 16.0. The second-order valence-corrected chi connectivity index (χ2v) is 11.8. The summed E-state index contributed by atoms with van der Waals surface area (Å²) in [4.78, 5) is 20.4. The third-order valence-electron chi connectivity index (χ3n) is 8.77. The zero-order valence-corrected chi connectivity index (χ0v) is 21.4. The summed E-state index contributed by atoms with van der Waals surface area (Å²) in [5.41, 5.74) is 8.71. The van der Waals surface area contributed by atoms with E-state index in [1.807, 2.05) is 13.8 Å². The Morgan fingerprint density at radius 2 is 1.79 bits per heavy atom. The van der Waals surface area contributed by atoms with Crippen molar-refractivity contribution < 1.29 is 14.1 Å². The van der Waals surface area contributed by atoms with Crippen LogP contribution in [0.5, 0.6) is 0 Å². The molecule has 1 aromatic carbocycles. The Morgan fingerprint density at radius 3 is 2.41 bits per heavy atom. The van der Waals surface area contributed by atoms with Crippen LogP contribution >= 0.6 is 0 Å². The van der Waals surface area contributed by atoms with Gasteiger partial charge in [-0.2, -0.15) is 0 Å². The highest BCUT2D eigenvalue weighted by atomic mass is 16.7. The van der Waals surface area contributed by atoms with Crippen LogP contribution in [0, 0.1) is 11.8 Å². The van der Waals surface area contributed by atoms with Gasteiger partial charge in [-0.3, -0.25) is 15.1 Å². The van der Waals surface area contributed by atoms with Gasteiger partial charge in [-0.1, -0.05) is 38.1 Å². The Bertz CT molecular complexity index is 961. The van der Waals surface area contributed by atoms with Gasteiger partial charge in [0.25, 0.3) is 0 Å². The molecule has 1 amide bonds. The van der Waals surface area contributed by atoms with Crippen molar-refractivity contribution in [2.45, 2.75) is 96.3 Å². The molecular weight excluding hydrogens is 427 g/mol.